The lowest BCUT2D eigenvalue weighted by Crippen LogP contribution is -1.87. The predicted octanol–water partition coefficient (Wildman–Crippen LogP) is 2.15. The van der Waals surface area contributed by atoms with Crippen molar-refractivity contribution in [1.29, 1.82) is 10.5 Å². The summed E-state index contributed by atoms with van der Waals surface area (Å²) in [6.07, 6.45) is 0. The number of rotatable bonds is 0. The lowest BCUT2D eigenvalue weighted by atomic mass is 10.1. The van der Waals surface area contributed by atoms with Crippen molar-refractivity contribution in [3.05, 3.63) is 21.2 Å². The van der Waals surface area contributed by atoms with Gasteiger partial charge in [-0.3, -0.25) is 0 Å². The maximum Gasteiger partial charge on any atom is 0.155 e. The number of hydrogen-bond donors (Lipinski definition) is 2. The fraction of sp³-hybridized carbons (Fsp3) is 0. The second-order valence-corrected chi connectivity index (χ2v) is 3.05. The van der Waals surface area contributed by atoms with Crippen molar-refractivity contribution >= 4 is 23.2 Å². The average Bonchev–Trinajstić information content (AvgIpc) is 2.16. The Morgan fingerprint density at radius 1 is 0.857 bits per heavy atom. The molecule has 6 heteroatoms. The van der Waals surface area contributed by atoms with E-state index in [9.17, 15) is 10.2 Å². The zero-order valence-corrected chi connectivity index (χ0v) is 8.06. The van der Waals surface area contributed by atoms with Crippen molar-refractivity contribution in [2.24, 2.45) is 0 Å². The summed E-state index contributed by atoms with van der Waals surface area (Å²) in [5.74, 6) is -1.21. The molecule has 0 bridgehead atoms. The predicted molar refractivity (Wildman–Crippen MR) is 49.2 cm³/mol. The van der Waals surface area contributed by atoms with Gasteiger partial charge >= 0.3 is 0 Å². The fourth-order valence-corrected chi connectivity index (χ4v) is 1.37. The van der Waals surface area contributed by atoms with E-state index in [1.807, 2.05) is 0 Å². The normalized spacial score (nSPS) is 9.14. The van der Waals surface area contributed by atoms with E-state index in [0.717, 1.165) is 0 Å². The number of aromatic hydroxyl groups is 2. The van der Waals surface area contributed by atoms with Crippen LogP contribution in [0.5, 0.6) is 11.5 Å². The number of nitrogens with zero attached hydrogens (tertiary/aromatic N) is 2. The van der Waals surface area contributed by atoms with Crippen LogP contribution in [0.15, 0.2) is 0 Å². The van der Waals surface area contributed by atoms with Gasteiger partial charge in [-0.1, -0.05) is 23.2 Å². The Bertz CT molecular complexity index is 445. The molecule has 70 valence electrons. The molecule has 0 saturated carbocycles. The molecule has 0 aliphatic carbocycles. The highest BCUT2D eigenvalue weighted by Crippen LogP contribution is 2.42. The van der Waals surface area contributed by atoms with Gasteiger partial charge < -0.3 is 10.2 Å². The number of hydrogen-bond acceptors (Lipinski definition) is 4. The van der Waals surface area contributed by atoms with Crippen molar-refractivity contribution in [3.8, 4) is 23.6 Å². The van der Waals surface area contributed by atoms with Crippen LogP contribution in [0, 0.1) is 22.7 Å². The van der Waals surface area contributed by atoms with Crippen molar-refractivity contribution in [3.63, 3.8) is 0 Å². The minimum Gasteiger partial charge on any atom is -0.505 e. The van der Waals surface area contributed by atoms with Crippen LogP contribution in [0.1, 0.15) is 11.1 Å². The van der Waals surface area contributed by atoms with Crippen LogP contribution in [0.3, 0.4) is 0 Å². The van der Waals surface area contributed by atoms with Crippen LogP contribution in [0.4, 0.5) is 0 Å². The number of nitriles is 2. The number of halogens is 2. The van der Waals surface area contributed by atoms with E-state index in [1.54, 1.807) is 12.1 Å². The van der Waals surface area contributed by atoms with Crippen molar-refractivity contribution in [2.45, 2.75) is 0 Å². The highest BCUT2D eigenvalue weighted by atomic mass is 35.5. The van der Waals surface area contributed by atoms with Gasteiger partial charge in [0.1, 0.15) is 33.3 Å². The number of benzene rings is 1. The third kappa shape index (κ3) is 1.31. The third-order valence-electron chi connectivity index (χ3n) is 1.55. The first-order valence-corrected chi connectivity index (χ1v) is 4.03. The summed E-state index contributed by atoms with van der Waals surface area (Å²) in [4.78, 5) is 0. The summed E-state index contributed by atoms with van der Waals surface area (Å²) in [6, 6.07) is 3.11. The van der Waals surface area contributed by atoms with Gasteiger partial charge in [-0.15, -0.1) is 0 Å². The zero-order chi connectivity index (χ0) is 10.9. The lowest BCUT2D eigenvalue weighted by Gasteiger charge is -2.06. The van der Waals surface area contributed by atoms with Gasteiger partial charge in [-0.25, -0.2) is 0 Å². The first-order chi connectivity index (χ1) is 6.54. The molecular formula is C8H2Cl2N2O2. The fourth-order valence-electron chi connectivity index (χ4n) is 0.870. The van der Waals surface area contributed by atoms with Gasteiger partial charge in [-0.05, 0) is 0 Å². The highest BCUT2D eigenvalue weighted by molar-refractivity contribution is 6.38. The van der Waals surface area contributed by atoms with Gasteiger partial charge in [0.05, 0.1) is 0 Å². The molecule has 1 aromatic rings. The van der Waals surface area contributed by atoms with Crippen molar-refractivity contribution in [2.75, 3.05) is 0 Å². The van der Waals surface area contributed by atoms with E-state index in [-0.39, 0.29) is 21.2 Å². The number of phenols is 2. The minimum absolute atomic E-state index is 0.367. The molecule has 0 radical (unpaired) electrons. The molecule has 1 aromatic carbocycles. The molecule has 0 spiro atoms. The van der Waals surface area contributed by atoms with Gasteiger partial charge in [0.15, 0.2) is 11.5 Å². The van der Waals surface area contributed by atoms with Crippen LogP contribution < -0.4 is 0 Å². The van der Waals surface area contributed by atoms with E-state index < -0.39 is 11.5 Å². The Kier molecular flexibility index (Phi) is 2.71. The van der Waals surface area contributed by atoms with Crippen LogP contribution >= 0.6 is 23.2 Å². The Morgan fingerprint density at radius 2 is 1.21 bits per heavy atom. The third-order valence-corrected chi connectivity index (χ3v) is 2.29. The molecule has 2 N–H and O–H groups in total. The molecule has 0 saturated heterocycles. The quantitative estimate of drug-likeness (QED) is 0.667. The molecular weight excluding hydrogens is 227 g/mol. The van der Waals surface area contributed by atoms with Gasteiger partial charge in [0.25, 0.3) is 0 Å². The molecule has 1 rings (SSSR count). The Balaban J connectivity index is 3.78. The largest absolute Gasteiger partial charge is 0.505 e. The summed E-state index contributed by atoms with van der Waals surface area (Å²) in [6.45, 7) is 0. The van der Waals surface area contributed by atoms with Crippen molar-refractivity contribution in [1.82, 2.24) is 0 Å². The van der Waals surface area contributed by atoms with E-state index in [1.165, 1.54) is 0 Å². The Morgan fingerprint density at radius 3 is 1.50 bits per heavy atom. The second kappa shape index (κ2) is 3.63. The first kappa shape index (κ1) is 10.5. The van der Waals surface area contributed by atoms with Crippen molar-refractivity contribution < 1.29 is 10.2 Å². The lowest BCUT2D eigenvalue weighted by molar-refractivity contribution is 0.457. The van der Waals surface area contributed by atoms with Crippen LogP contribution in [-0.4, -0.2) is 10.2 Å². The second-order valence-electron chi connectivity index (χ2n) is 2.30. The van der Waals surface area contributed by atoms with Gasteiger partial charge in [-0.2, -0.15) is 10.5 Å². The maximum absolute atomic E-state index is 9.35. The maximum atomic E-state index is 9.35. The molecule has 4 nitrogen and oxygen atoms in total. The molecule has 0 aliphatic rings. The molecule has 0 atom stereocenters. The van der Waals surface area contributed by atoms with E-state index in [4.69, 9.17) is 33.7 Å². The molecule has 0 amide bonds. The topological polar surface area (TPSA) is 88.0 Å². The SMILES string of the molecule is N#Cc1c(O)c(C#N)c(Cl)c(O)c1Cl. The summed E-state index contributed by atoms with van der Waals surface area (Å²) in [5.41, 5.74) is -0.741. The molecule has 0 aliphatic heterocycles. The van der Waals surface area contributed by atoms with Crippen LogP contribution in [0.2, 0.25) is 10.0 Å². The summed E-state index contributed by atoms with van der Waals surface area (Å²) < 4.78 is 0. The van der Waals surface area contributed by atoms with Gasteiger partial charge in [0.2, 0.25) is 0 Å². The summed E-state index contributed by atoms with van der Waals surface area (Å²) >= 11 is 11.0. The van der Waals surface area contributed by atoms with E-state index >= 15 is 0 Å². The minimum atomic E-state index is -0.622. The van der Waals surface area contributed by atoms with Crippen LogP contribution in [-0.2, 0) is 0 Å². The Hall–Kier alpha value is -1.62. The molecule has 0 fully saturated rings. The molecule has 0 aromatic heterocycles. The average molecular weight is 229 g/mol. The van der Waals surface area contributed by atoms with Gasteiger partial charge in [0, 0.05) is 0 Å². The monoisotopic (exact) mass is 228 g/mol. The standard InChI is InChI=1S/C8H2Cl2N2O2/c9-5-3(1-11)7(13)4(2-12)6(10)8(5)14/h13-14H. The molecule has 0 heterocycles. The van der Waals surface area contributed by atoms with E-state index in [0.29, 0.717) is 0 Å². The molecule has 14 heavy (non-hydrogen) atoms. The van der Waals surface area contributed by atoms with E-state index in [2.05, 4.69) is 0 Å². The molecule has 0 unspecified atom stereocenters. The Labute approximate surface area is 89.1 Å². The summed E-state index contributed by atoms with van der Waals surface area (Å²) in [7, 11) is 0. The van der Waals surface area contributed by atoms with Crippen LogP contribution in [0.25, 0.3) is 0 Å². The number of phenolic OH excluding ortho intramolecular Hbond substituents is 2. The summed E-state index contributed by atoms with van der Waals surface area (Å²) in [5, 5.41) is 35.0. The highest BCUT2D eigenvalue weighted by Gasteiger charge is 2.21. The zero-order valence-electron chi connectivity index (χ0n) is 6.54. The first-order valence-electron chi connectivity index (χ1n) is 3.27. The smallest absolute Gasteiger partial charge is 0.155 e.